The van der Waals surface area contributed by atoms with Gasteiger partial charge in [-0.3, -0.25) is 9.59 Å². The highest BCUT2D eigenvalue weighted by molar-refractivity contribution is 7.88. The third kappa shape index (κ3) is 4.96. The second-order valence-electron chi connectivity index (χ2n) is 7.41. The molecule has 8 nitrogen and oxygen atoms in total. The minimum Gasteiger partial charge on any atom is -0.351 e. The van der Waals surface area contributed by atoms with E-state index in [2.05, 4.69) is 10.4 Å². The summed E-state index contributed by atoms with van der Waals surface area (Å²) in [6, 6.07) is 7.44. The van der Waals surface area contributed by atoms with Gasteiger partial charge in [-0.2, -0.15) is 5.10 Å². The zero-order valence-corrected chi connectivity index (χ0v) is 17.0. The first kappa shape index (κ1) is 20.5. The minimum absolute atomic E-state index is 0.129. The van der Waals surface area contributed by atoms with Crippen LogP contribution in [0.5, 0.6) is 0 Å². The van der Waals surface area contributed by atoms with E-state index < -0.39 is 10.0 Å². The largest absolute Gasteiger partial charge is 0.351 e. The van der Waals surface area contributed by atoms with Crippen LogP contribution in [0.25, 0.3) is 0 Å². The van der Waals surface area contributed by atoms with Gasteiger partial charge < -0.3 is 5.32 Å². The highest BCUT2D eigenvalue weighted by Crippen LogP contribution is 2.22. The summed E-state index contributed by atoms with van der Waals surface area (Å²) < 4.78 is 24.6. The molecule has 1 aromatic rings. The normalized spacial score (nSPS) is 19.4. The third-order valence-electron chi connectivity index (χ3n) is 5.13. The van der Waals surface area contributed by atoms with Crippen LogP contribution in [0.4, 0.5) is 5.69 Å². The molecule has 2 amide bonds. The van der Waals surface area contributed by atoms with Crippen molar-refractivity contribution in [3.05, 3.63) is 29.8 Å². The van der Waals surface area contributed by atoms with Gasteiger partial charge in [0.1, 0.15) is 5.71 Å². The molecule has 1 N–H and O–H groups in total. The van der Waals surface area contributed by atoms with Crippen LogP contribution < -0.4 is 10.3 Å². The van der Waals surface area contributed by atoms with Crippen molar-refractivity contribution >= 4 is 33.2 Å². The molecule has 3 rings (SSSR count). The highest BCUT2D eigenvalue weighted by Gasteiger charge is 2.28. The molecule has 0 aliphatic carbocycles. The molecule has 0 bridgehead atoms. The number of nitrogens with zero attached hydrogens (tertiary/aromatic N) is 3. The lowest BCUT2D eigenvalue weighted by atomic mass is 9.98. The van der Waals surface area contributed by atoms with Crippen LogP contribution in [-0.4, -0.2) is 56.1 Å². The summed E-state index contributed by atoms with van der Waals surface area (Å²) in [4.78, 5) is 24.8. The average molecular weight is 407 g/mol. The molecule has 0 spiro atoms. The Hall–Kier alpha value is -2.26. The Morgan fingerprint density at radius 2 is 1.96 bits per heavy atom. The van der Waals surface area contributed by atoms with Crippen LogP contribution in [0.2, 0.25) is 0 Å². The van der Waals surface area contributed by atoms with Gasteiger partial charge in [-0.25, -0.2) is 17.7 Å². The van der Waals surface area contributed by atoms with E-state index in [-0.39, 0.29) is 24.2 Å². The molecule has 1 saturated heterocycles. The maximum Gasteiger partial charge on any atom is 0.267 e. The molecule has 0 saturated carbocycles. The second-order valence-corrected chi connectivity index (χ2v) is 9.39. The lowest BCUT2D eigenvalue weighted by Gasteiger charge is -2.30. The number of hydrogen-bond donors (Lipinski definition) is 1. The number of amides is 2. The molecule has 0 unspecified atom stereocenters. The molecule has 2 aliphatic heterocycles. The highest BCUT2D eigenvalue weighted by atomic mass is 32.2. The molecule has 2 heterocycles. The lowest BCUT2D eigenvalue weighted by molar-refractivity contribution is -0.119. The minimum atomic E-state index is -3.15. The number of piperidine rings is 1. The van der Waals surface area contributed by atoms with Gasteiger partial charge in [-0.1, -0.05) is 12.1 Å². The number of nitrogens with one attached hydrogen (secondary N) is 1. The third-order valence-corrected chi connectivity index (χ3v) is 6.44. The van der Waals surface area contributed by atoms with Crippen LogP contribution in [0.1, 0.15) is 31.2 Å². The summed E-state index contributed by atoms with van der Waals surface area (Å²) in [5.74, 6) is -0.161. The fourth-order valence-electron chi connectivity index (χ4n) is 3.46. The number of anilines is 1. The van der Waals surface area contributed by atoms with Crippen LogP contribution in [-0.2, 0) is 19.6 Å². The molecular weight excluding hydrogens is 380 g/mol. The predicted octanol–water partition coefficient (Wildman–Crippen LogP) is 1.27. The number of hydrazone groups is 1. The van der Waals surface area contributed by atoms with Gasteiger partial charge in [0.2, 0.25) is 15.9 Å². The zero-order valence-electron chi connectivity index (χ0n) is 16.2. The first-order chi connectivity index (χ1) is 13.2. The Balaban J connectivity index is 1.58. The number of rotatable bonds is 5. The van der Waals surface area contributed by atoms with E-state index in [1.807, 2.05) is 25.1 Å². The van der Waals surface area contributed by atoms with Gasteiger partial charge in [0, 0.05) is 32.5 Å². The quantitative estimate of drug-likeness (QED) is 0.796. The molecule has 2 aliphatic rings. The maximum atomic E-state index is 12.5. The SMILES string of the molecule is Cc1cccc(N2N=C(C(=O)NCC3CCN(S(C)(=O)=O)CC3)CCC2=O)c1. The van der Waals surface area contributed by atoms with Crippen molar-refractivity contribution in [2.75, 3.05) is 30.9 Å². The summed E-state index contributed by atoms with van der Waals surface area (Å²) in [5, 5.41) is 8.48. The van der Waals surface area contributed by atoms with E-state index in [9.17, 15) is 18.0 Å². The number of carbonyl (C=O) groups is 2. The number of hydrogen-bond acceptors (Lipinski definition) is 5. The van der Waals surface area contributed by atoms with Crippen molar-refractivity contribution < 1.29 is 18.0 Å². The topological polar surface area (TPSA) is 99.2 Å². The molecular formula is C19H26N4O4S. The summed E-state index contributed by atoms with van der Waals surface area (Å²) >= 11 is 0. The van der Waals surface area contributed by atoms with Gasteiger partial charge in [0.25, 0.3) is 5.91 Å². The summed E-state index contributed by atoms with van der Waals surface area (Å²) in [7, 11) is -3.15. The fourth-order valence-corrected chi connectivity index (χ4v) is 4.34. The number of sulfonamides is 1. The van der Waals surface area contributed by atoms with E-state index >= 15 is 0 Å². The van der Waals surface area contributed by atoms with Crippen molar-refractivity contribution in [3.8, 4) is 0 Å². The zero-order chi connectivity index (χ0) is 20.3. The lowest BCUT2D eigenvalue weighted by Crippen LogP contribution is -2.43. The smallest absolute Gasteiger partial charge is 0.267 e. The van der Waals surface area contributed by atoms with Gasteiger partial charge >= 0.3 is 0 Å². The molecule has 0 atom stereocenters. The van der Waals surface area contributed by atoms with Crippen molar-refractivity contribution in [1.82, 2.24) is 9.62 Å². The molecule has 1 aromatic carbocycles. The van der Waals surface area contributed by atoms with E-state index in [0.29, 0.717) is 50.3 Å². The fraction of sp³-hybridized carbons (Fsp3) is 0.526. The van der Waals surface area contributed by atoms with E-state index in [1.54, 1.807) is 6.07 Å². The van der Waals surface area contributed by atoms with Crippen molar-refractivity contribution in [2.24, 2.45) is 11.0 Å². The summed E-state index contributed by atoms with van der Waals surface area (Å²) in [6.07, 6.45) is 3.21. The molecule has 9 heteroatoms. The Labute approximate surface area is 165 Å². The Bertz CT molecular complexity index is 889. The van der Waals surface area contributed by atoms with E-state index in [1.165, 1.54) is 15.6 Å². The number of carbonyl (C=O) groups excluding carboxylic acids is 2. The van der Waals surface area contributed by atoms with Gasteiger partial charge in [0.15, 0.2) is 0 Å². The summed E-state index contributed by atoms with van der Waals surface area (Å²) in [5.41, 5.74) is 2.01. The molecule has 152 valence electrons. The molecule has 1 fully saturated rings. The summed E-state index contributed by atoms with van der Waals surface area (Å²) in [6.45, 7) is 3.38. The first-order valence-electron chi connectivity index (χ1n) is 9.44. The maximum absolute atomic E-state index is 12.5. The van der Waals surface area contributed by atoms with Crippen molar-refractivity contribution in [2.45, 2.75) is 32.6 Å². The average Bonchev–Trinajstić information content (AvgIpc) is 2.66. The van der Waals surface area contributed by atoms with E-state index in [4.69, 9.17) is 0 Å². The van der Waals surface area contributed by atoms with E-state index in [0.717, 1.165) is 5.56 Å². The monoisotopic (exact) mass is 406 g/mol. The van der Waals surface area contributed by atoms with Gasteiger partial charge in [-0.05, 0) is 43.4 Å². The molecule has 28 heavy (non-hydrogen) atoms. The number of benzene rings is 1. The standard InChI is InChI=1S/C19H26N4O4S/c1-14-4-3-5-16(12-14)23-18(24)7-6-17(21-23)19(25)20-13-15-8-10-22(11-9-15)28(2,26)27/h3-5,12,15H,6-11,13H2,1-2H3,(H,20,25). The van der Waals surface area contributed by atoms with Crippen LogP contribution in [0.15, 0.2) is 29.4 Å². The Kier molecular flexibility index (Phi) is 6.14. The van der Waals surface area contributed by atoms with Crippen molar-refractivity contribution in [3.63, 3.8) is 0 Å². The Morgan fingerprint density at radius 3 is 2.61 bits per heavy atom. The molecule has 0 radical (unpaired) electrons. The second kappa shape index (κ2) is 8.40. The molecule has 0 aromatic heterocycles. The van der Waals surface area contributed by atoms with Crippen LogP contribution >= 0.6 is 0 Å². The van der Waals surface area contributed by atoms with Crippen molar-refractivity contribution in [1.29, 1.82) is 0 Å². The van der Waals surface area contributed by atoms with Gasteiger partial charge in [-0.15, -0.1) is 0 Å². The Morgan fingerprint density at radius 1 is 1.25 bits per heavy atom. The van der Waals surface area contributed by atoms with Crippen LogP contribution in [0.3, 0.4) is 0 Å². The van der Waals surface area contributed by atoms with Crippen LogP contribution in [0, 0.1) is 12.8 Å². The van der Waals surface area contributed by atoms with Gasteiger partial charge in [0.05, 0.1) is 11.9 Å². The first-order valence-corrected chi connectivity index (χ1v) is 11.3. The number of aryl methyl sites for hydroxylation is 1. The predicted molar refractivity (Wildman–Crippen MR) is 107 cm³/mol.